The highest BCUT2D eigenvalue weighted by molar-refractivity contribution is 7.89. The minimum Gasteiger partial charge on any atom is -0.341 e. The number of nitrogens with zero attached hydrogens (tertiary/aromatic N) is 3. The molecular weight excluding hydrogens is 326 g/mol. The minimum absolute atomic E-state index is 0.0196. The first-order chi connectivity index (χ1) is 11.5. The number of nitrogens with one attached hydrogen (secondary N) is 2. The molecule has 0 saturated heterocycles. The second kappa shape index (κ2) is 6.58. The third kappa shape index (κ3) is 3.39. The molecule has 0 spiro atoms. The fourth-order valence-electron chi connectivity index (χ4n) is 2.50. The van der Waals surface area contributed by atoms with E-state index < -0.39 is 10.0 Å². The van der Waals surface area contributed by atoms with Crippen LogP contribution < -0.4 is 4.72 Å². The quantitative estimate of drug-likeness (QED) is 0.712. The summed E-state index contributed by atoms with van der Waals surface area (Å²) in [6, 6.07) is 9.79. The van der Waals surface area contributed by atoms with Crippen molar-refractivity contribution in [2.45, 2.75) is 13.5 Å². The average Bonchev–Trinajstić information content (AvgIpc) is 3.19. The summed E-state index contributed by atoms with van der Waals surface area (Å²) >= 11 is 0. The van der Waals surface area contributed by atoms with Crippen molar-refractivity contribution in [2.75, 3.05) is 12.8 Å². The van der Waals surface area contributed by atoms with Crippen LogP contribution in [0, 0.1) is 6.92 Å². The van der Waals surface area contributed by atoms with Gasteiger partial charge in [-0.25, -0.2) is 23.1 Å². The lowest BCUT2D eigenvalue weighted by atomic mass is 10.1. The summed E-state index contributed by atoms with van der Waals surface area (Å²) in [6.45, 7) is 2.17. The Bertz CT molecular complexity index is 929. The molecule has 0 bridgehead atoms. The molecule has 2 N–H and O–H groups in total. The van der Waals surface area contributed by atoms with E-state index in [0.29, 0.717) is 6.54 Å². The topological polar surface area (TPSA) is 92.7 Å². The Morgan fingerprint density at radius 3 is 2.58 bits per heavy atom. The van der Waals surface area contributed by atoms with Gasteiger partial charge in [0.1, 0.15) is 5.82 Å². The molecule has 3 aromatic rings. The van der Waals surface area contributed by atoms with Crippen LogP contribution in [0.25, 0.3) is 22.6 Å². The molecule has 0 aliphatic carbocycles. The normalized spacial score (nSPS) is 11.8. The van der Waals surface area contributed by atoms with Crippen molar-refractivity contribution in [1.29, 1.82) is 0 Å². The van der Waals surface area contributed by atoms with Crippen molar-refractivity contribution in [2.24, 2.45) is 0 Å². The molecule has 0 radical (unpaired) electrons. The zero-order chi connectivity index (χ0) is 17.2. The highest BCUT2D eigenvalue weighted by Crippen LogP contribution is 2.30. The molecular formula is C16H19N5O2S. The Labute approximate surface area is 140 Å². The maximum Gasteiger partial charge on any atom is 0.213 e. The minimum atomic E-state index is -3.29. The molecule has 0 atom stereocenters. The van der Waals surface area contributed by atoms with Crippen LogP contribution in [0.1, 0.15) is 5.82 Å². The van der Waals surface area contributed by atoms with Gasteiger partial charge in [0, 0.05) is 12.1 Å². The molecule has 0 unspecified atom stereocenters. The first kappa shape index (κ1) is 16.4. The summed E-state index contributed by atoms with van der Waals surface area (Å²) in [6.07, 6.45) is 3.40. The number of sulfonamides is 1. The van der Waals surface area contributed by atoms with Gasteiger partial charge in [0.05, 0.1) is 35.4 Å². The fourth-order valence-corrected chi connectivity index (χ4v) is 3.14. The molecule has 0 aliphatic heterocycles. The number of aromatic nitrogens is 4. The van der Waals surface area contributed by atoms with Gasteiger partial charge in [-0.2, -0.15) is 0 Å². The summed E-state index contributed by atoms with van der Waals surface area (Å²) in [5.41, 5.74) is 3.40. The SMILES string of the molecule is CNS(=O)(=O)CCn1cnc(-c2ccccc2)c1-c1cnc(C)[nH]1. The van der Waals surface area contributed by atoms with Gasteiger partial charge in [-0.15, -0.1) is 0 Å². The van der Waals surface area contributed by atoms with Crippen molar-refractivity contribution in [3.63, 3.8) is 0 Å². The van der Waals surface area contributed by atoms with E-state index in [0.717, 1.165) is 28.5 Å². The van der Waals surface area contributed by atoms with E-state index in [1.54, 1.807) is 12.5 Å². The van der Waals surface area contributed by atoms with E-state index in [2.05, 4.69) is 19.7 Å². The van der Waals surface area contributed by atoms with Crippen molar-refractivity contribution in [3.8, 4) is 22.6 Å². The van der Waals surface area contributed by atoms with Gasteiger partial charge in [-0.1, -0.05) is 30.3 Å². The Hall–Kier alpha value is -2.45. The van der Waals surface area contributed by atoms with E-state index in [-0.39, 0.29) is 5.75 Å². The third-order valence-corrected chi connectivity index (χ3v) is 5.10. The Balaban J connectivity index is 2.05. The number of aromatic amines is 1. The van der Waals surface area contributed by atoms with Crippen LogP contribution in [0.3, 0.4) is 0 Å². The van der Waals surface area contributed by atoms with Crippen LogP contribution >= 0.6 is 0 Å². The fraction of sp³-hybridized carbons (Fsp3) is 0.250. The van der Waals surface area contributed by atoms with Crippen LogP contribution in [-0.4, -0.2) is 40.7 Å². The number of aryl methyl sites for hydroxylation is 2. The molecule has 2 heterocycles. The number of H-pyrrole nitrogens is 1. The first-order valence-electron chi connectivity index (χ1n) is 7.54. The van der Waals surface area contributed by atoms with Crippen LogP contribution in [0.15, 0.2) is 42.9 Å². The van der Waals surface area contributed by atoms with Crippen molar-refractivity contribution in [1.82, 2.24) is 24.2 Å². The average molecular weight is 345 g/mol. The second-order valence-corrected chi connectivity index (χ2v) is 7.45. The van der Waals surface area contributed by atoms with Crippen molar-refractivity contribution < 1.29 is 8.42 Å². The van der Waals surface area contributed by atoms with Gasteiger partial charge in [-0.3, -0.25) is 0 Å². The molecule has 0 amide bonds. The van der Waals surface area contributed by atoms with Gasteiger partial charge in [-0.05, 0) is 14.0 Å². The molecule has 2 aromatic heterocycles. The molecule has 126 valence electrons. The highest BCUT2D eigenvalue weighted by Gasteiger charge is 2.18. The van der Waals surface area contributed by atoms with E-state index >= 15 is 0 Å². The van der Waals surface area contributed by atoms with E-state index in [1.165, 1.54) is 7.05 Å². The van der Waals surface area contributed by atoms with Gasteiger partial charge >= 0.3 is 0 Å². The molecule has 0 fully saturated rings. The summed E-state index contributed by atoms with van der Waals surface area (Å²) < 4.78 is 27.6. The standard InChI is InChI=1S/C16H19N5O2S/c1-12-18-10-14(20-12)16-15(13-6-4-3-5-7-13)19-11-21(16)8-9-24(22,23)17-2/h3-7,10-11,17H,8-9H2,1-2H3,(H,18,20). The number of benzene rings is 1. The maximum atomic E-state index is 11.7. The summed E-state index contributed by atoms with van der Waals surface area (Å²) in [5.74, 6) is 0.772. The molecule has 8 heteroatoms. The summed E-state index contributed by atoms with van der Waals surface area (Å²) in [7, 11) is -1.88. The lowest BCUT2D eigenvalue weighted by Crippen LogP contribution is -2.24. The van der Waals surface area contributed by atoms with Gasteiger partial charge < -0.3 is 9.55 Å². The zero-order valence-electron chi connectivity index (χ0n) is 13.5. The smallest absolute Gasteiger partial charge is 0.213 e. The summed E-state index contributed by atoms with van der Waals surface area (Å²) in [5, 5.41) is 0. The van der Waals surface area contributed by atoms with Crippen LogP contribution in [-0.2, 0) is 16.6 Å². The maximum absolute atomic E-state index is 11.7. The van der Waals surface area contributed by atoms with E-state index in [4.69, 9.17) is 0 Å². The van der Waals surface area contributed by atoms with Crippen LogP contribution in [0.5, 0.6) is 0 Å². The molecule has 1 aromatic carbocycles. The lowest BCUT2D eigenvalue weighted by molar-refractivity contribution is 0.581. The second-order valence-electron chi connectivity index (χ2n) is 5.41. The molecule has 7 nitrogen and oxygen atoms in total. The summed E-state index contributed by atoms with van der Waals surface area (Å²) in [4.78, 5) is 11.9. The Kier molecular flexibility index (Phi) is 4.50. The Morgan fingerprint density at radius 1 is 1.21 bits per heavy atom. The van der Waals surface area contributed by atoms with E-state index in [9.17, 15) is 8.42 Å². The first-order valence-corrected chi connectivity index (χ1v) is 9.19. The molecule has 0 saturated carbocycles. The van der Waals surface area contributed by atoms with Gasteiger partial charge in [0.15, 0.2) is 0 Å². The van der Waals surface area contributed by atoms with Crippen LogP contribution in [0.2, 0.25) is 0 Å². The zero-order valence-corrected chi connectivity index (χ0v) is 14.3. The molecule has 24 heavy (non-hydrogen) atoms. The number of hydrogen-bond donors (Lipinski definition) is 2. The van der Waals surface area contributed by atoms with Crippen LogP contribution in [0.4, 0.5) is 0 Å². The monoisotopic (exact) mass is 345 g/mol. The van der Waals surface area contributed by atoms with Gasteiger partial charge in [0.25, 0.3) is 0 Å². The van der Waals surface area contributed by atoms with E-state index in [1.807, 2.05) is 41.8 Å². The van der Waals surface area contributed by atoms with Crippen molar-refractivity contribution >= 4 is 10.0 Å². The number of imidazole rings is 2. The molecule has 0 aliphatic rings. The predicted octanol–water partition coefficient (Wildman–Crippen LogP) is 1.80. The molecule has 3 rings (SSSR count). The third-order valence-electron chi connectivity index (χ3n) is 3.75. The largest absolute Gasteiger partial charge is 0.341 e. The lowest BCUT2D eigenvalue weighted by Gasteiger charge is -2.09. The van der Waals surface area contributed by atoms with Crippen molar-refractivity contribution in [3.05, 3.63) is 48.7 Å². The highest BCUT2D eigenvalue weighted by atomic mass is 32.2. The number of hydrogen-bond acceptors (Lipinski definition) is 4. The predicted molar refractivity (Wildman–Crippen MR) is 92.8 cm³/mol. The van der Waals surface area contributed by atoms with Gasteiger partial charge in [0.2, 0.25) is 10.0 Å². The number of rotatable bonds is 6. The Morgan fingerprint density at radius 2 is 1.96 bits per heavy atom.